The van der Waals surface area contributed by atoms with Crippen LogP contribution in [0.5, 0.6) is 5.75 Å². The highest BCUT2D eigenvalue weighted by atomic mass is 16.5. The largest absolute Gasteiger partial charge is 0.494 e. The van der Waals surface area contributed by atoms with Gasteiger partial charge in [-0.25, -0.2) is 0 Å². The normalized spacial score (nSPS) is 13.8. The molecular formula is C22H28N2O2. The average Bonchev–Trinajstić information content (AvgIpc) is 3.46. The SMILES string of the molecule is Cc1ccc(OCCCN(Cc2ccc(C(N)=O)cc2)C2CC2)cc1C. The fourth-order valence-electron chi connectivity index (χ4n) is 3.10. The van der Waals surface area contributed by atoms with E-state index < -0.39 is 0 Å². The van der Waals surface area contributed by atoms with Gasteiger partial charge in [0.1, 0.15) is 5.75 Å². The monoisotopic (exact) mass is 352 g/mol. The van der Waals surface area contributed by atoms with Crippen molar-refractivity contribution in [2.75, 3.05) is 13.2 Å². The summed E-state index contributed by atoms with van der Waals surface area (Å²) in [5.41, 5.74) is 9.65. The van der Waals surface area contributed by atoms with Gasteiger partial charge in [-0.3, -0.25) is 9.69 Å². The minimum Gasteiger partial charge on any atom is -0.494 e. The molecular weight excluding hydrogens is 324 g/mol. The van der Waals surface area contributed by atoms with Crippen LogP contribution in [0.3, 0.4) is 0 Å². The summed E-state index contributed by atoms with van der Waals surface area (Å²) >= 11 is 0. The lowest BCUT2D eigenvalue weighted by Crippen LogP contribution is -2.27. The van der Waals surface area contributed by atoms with Gasteiger partial charge < -0.3 is 10.5 Å². The van der Waals surface area contributed by atoms with Crippen LogP contribution in [0.2, 0.25) is 0 Å². The van der Waals surface area contributed by atoms with Gasteiger partial charge in [-0.2, -0.15) is 0 Å². The molecule has 4 nitrogen and oxygen atoms in total. The van der Waals surface area contributed by atoms with E-state index in [0.29, 0.717) is 11.6 Å². The first kappa shape index (κ1) is 18.5. The van der Waals surface area contributed by atoms with E-state index in [0.717, 1.165) is 31.9 Å². The van der Waals surface area contributed by atoms with Gasteiger partial charge in [0.15, 0.2) is 0 Å². The second-order valence-electron chi connectivity index (χ2n) is 7.21. The van der Waals surface area contributed by atoms with Crippen molar-refractivity contribution in [3.8, 4) is 5.75 Å². The molecule has 0 aromatic heterocycles. The Labute approximate surface area is 156 Å². The van der Waals surface area contributed by atoms with Crippen LogP contribution in [0.25, 0.3) is 0 Å². The fraction of sp³-hybridized carbons (Fsp3) is 0.409. The number of hydrogen-bond donors (Lipinski definition) is 1. The topological polar surface area (TPSA) is 55.6 Å². The number of carbonyl (C=O) groups excluding carboxylic acids is 1. The number of amides is 1. The molecule has 1 aliphatic carbocycles. The molecule has 0 heterocycles. The summed E-state index contributed by atoms with van der Waals surface area (Å²) in [6, 6.07) is 14.6. The molecule has 1 saturated carbocycles. The van der Waals surface area contributed by atoms with Crippen molar-refractivity contribution >= 4 is 5.91 Å². The summed E-state index contributed by atoms with van der Waals surface area (Å²) in [5, 5.41) is 0. The Hall–Kier alpha value is -2.33. The number of nitrogens with zero attached hydrogens (tertiary/aromatic N) is 1. The zero-order valence-corrected chi connectivity index (χ0v) is 15.7. The number of aryl methyl sites for hydroxylation is 2. The van der Waals surface area contributed by atoms with E-state index in [9.17, 15) is 4.79 Å². The molecule has 0 saturated heterocycles. The number of rotatable bonds is 9. The number of hydrogen-bond acceptors (Lipinski definition) is 3. The average molecular weight is 352 g/mol. The summed E-state index contributed by atoms with van der Waals surface area (Å²) in [5.74, 6) is 0.576. The van der Waals surface area contributed by atoms with E-state index in [4.69, 9.17) is 10.5 Å². The summed E-state index contributed by atoms with van der Waals surface area (Å²) in [7, 11) is 0. The molecule has 138 valence electrons. The van der Waals surface area contributed by atoms with Crippen LogP contribution in [0, 0.1) is 13.8 Å². The van der Waals surface area contributed by atoms with Crippen LogP contribution < -0.4 is 10.5 Å². The van der Waals surface area contributed by atoms with Gasteiger partial charge >= 0.3 is 0 Å². The lowest BCUT2D eigenvalue weighted by Gasteiger charge is -2.22. The van der Waals surface area contributed by atoms with E-state index in [2.05, 4.69) is 30.9 Å². The maximum Gasteiger partial charge on any atom is 0.248 e. The smallest absolute Gasteiger partial charge is 0.248 e. The highest BCUT2D eigenvalue weighted by Crippen LogP contribution is 2.28. The molecule has 1 fully saturated rings. The first-order valence-electron chi connectivity index (χ1n) is 9.36. The lowest BCUT2D eigenvalue weighted by molar-refractivity contribution is 0.1000. The predicted molar refractivity (Wildman–Crippen MR) is 104 cm³/mol. The minimum absolute atomic E-state index is 0.376. The van der Waals surface area contributed by atoms with E-state index in [-0.39, 0.29) is 5.91 Å². The Kier molecular flexibility index (Phi) is 5.94. The first-order valence-corrected chi connectivity index (χ1v) is 9.36. The molecule has 0 aliphatic heterocycles. The maximum atomic E-state index is 11.2. The molecule has 1 amide bonds. The summed E-state index contributed by atoms with van der Waals surface area (Å²) in [4.78, 5) is 13.7. The molecule has 2 aromatic carbocycles. The van der Waals surface area contributed by atoms with Crippen molar-refractivity contribution in [1.82, 2.24) is 4.90 Å². The molecule has 0 spiro atoms. The molecule has 0 unspecified atom stereocenters. The summed E-state index contributed by atoms with van der Waals surface area (Å²) in [6.07, 6.45) is 3.55. The second-order valence-corrected chi connectivity index (χ2v) is 7.21. The Morgan fingerprint density at radius 1 is 1.12 bits per heavy atom. The van der Waals surface area contributed by atoms with Crippen LogP contribution in [0.1, 0.15) is 46.3 Å². The standard InChI is InChI=1S/C22H28N2O2/c1-16-4-11-21(14-17(16)2)26-13-3-12-24(20-9-10-20)15-18-5-7-19(8-6-18)22(23)25/h4-8,11,14,20H,3,9-10,12-13,15H2,1-2H3,(H2,23,25). The highest BCUT2D eigenvalue weighted by Gasteiger charge is 2.28. The van der Waals surface area contributed by atoms with Crippen molar-refractivity contribution in [2.24, 2.45) is 5.73 Å². The molecule has 4 heteroatoms. The summed E-state index contributed by atoms with van der Waals surface area (Å²) in [6.45, 7) is 6.88. The molecule has 2 aromatic rings. The van der Waals surface area contributed by atoms with Gasteiger partial charge in [0.25, 0.3) is 0 Å². The maximum absolute atomic E-state index is 11.2. The highest BCUT2D eigenvalue weighted by molar-refractivity contribution is 5.92. The van der Waals surface area contributed by atoms with E-state index in [1.54, 1.807) is 0 Å². The van der Waals surface area contributed by atoms with Crippen molar-refractivity contribution in [2.45, 2.75) is 45.7 Å². The third-order valence-electron chi connectivity index (χ3n) is 5.02. The molecule has 26 heavy (non-hydrogen) atoms. The summed E-state index contributed by atoms with van der Waals surface area (Å²) < 4.78 is 5.91. The first-order chi connectivity index (χ1) is 12.5. The van der Waals surface area contributed by atoms with Crippen LogP contribution in [0.4, 0.5) is 0 Å². The van der Waals surface area contributed by atoms with Crippen LogP contribution in [-0.4, -0.2) is 30.0 Å². The number of primary amides is 1. The Bertz CT molecular complexity index is 751. The van der Waals surface area contributed by atoms with Gasteiger partial charge in [-0.1, -0.05) is 18.2 Å². The van der Waals surface area contributed by atoms with E-state index >= 15 is 0 Å². The molecule has 2 N–H and O–H groups in total. The number of ether oxygens (including phenoxy) is 1. The number of benzene rings is 2. The van der Waals surface area contributed by atoms with Crippen molar-refractivity contribution < 1.29 is 9.53 Å². The number of nitrogens with two attached hydrogens (primary N) is 1. The molecule has 0 bridgehead atoms. The minimum atomic E-state index is -0.376. The van der Waals surface area contributed by atoms with Crippen molar-refractivity contribution in [3.63, 3.8) is 0 Å². The van der Waals surface area contributed by atoms with Crippen LogP contribution in [0.15, 0.2) is 42.5 Å². The third-order valence-corrected chi connectivity index (χ3v) is 5.02. The van der Waals surface area contributed by atoms with Gasteiger partial charge in [0, 0.05) is 24.7 Å². The second kappa shape index (κ2) is 8.37. The zero-order valence-electron chi connectivity index (χ0n) is 15.7. The fourth-order valence-corrected chi connectivity index (χ4v) is 3.10. The Morgan fingerprint density at radius 2 is 1.85 bits per heavy atom. The van der Waals surface area contributed by atoms with E-state index in [1.807, 2.05) is 30.3 Å². The Balaban J connectivity index is 1.48. The zero-order chi connectivity index (χ0) is 18.5. The molecule has 1 aliphatic rings. The van der Waals surface area contributed by atoms with Crippen LogP contribution in [-0.2, 0) is 6.54 Å². The number of carbonyl (C=O) groups is 1. The van der Waals surface area contributed by atoms with Crippen LogP contribution >= 0.6 is 0 Å². The molecule has 0 radical (unpaired) electrons. The quantitative estimate of drug-likeness (QED) is 0.698. The van der Waals surface area contributed by atoms with Gasteiger partial charge in [0.05, 0.1) is 6.61 Å². The van der Waals surface area contributed by atoms with Crippen molar-refractivity contribution in [3.05, 3.63) is 64.7 Å². The predicted octanol–water partition coefficient (Wildman–Crippen LogP) is 3.84. The van der Waals surface area contributed by atoms with Gasteiger partial charge in [0.2, 0.25) is 5.91 Å². The van der Waals surface area contributed by atoms with Gasteiger partial charge in [-0.15, -0.1) is 0 Å². The van der Waals surface area contributed by atoms with Crippen molar-refractivity contribution in [1.29, 1.82) is 0 Å². The third kappa shape index (κ3) is 5.09. The molecule has 3 rings (SSSR count). The van der Waals surface area contributed by atoms with E-state index in [1.165, 1.54) is 29.5 Å². The Morgan fingerprint density at radius 3 is 2.46 bits per heavy atom. The molecule has 0 atom stereocenters. The van der Waals surface area contributed by atoms with Gasteiger partial charge in [-0.05, 0) is 74.1 Å². The lowest BCUT2D eigenvalue weighted by atomic mass is 10.1.